The quantitative estimate of drug-likeness (QED) is 0.781. The summed E-state index contributed by atoms with van der Waals surface area (Å²) < 4.78 is 1.71. The first kappa shape index (κ1) is 9.70. The summed E-state index contributed by atoms with van der Waals surface area (Å²) in [7, 11) is 0. The van der Waals surface area contributed by atoms with E-state index in [0.29, 0.717) is 5.92 Å². The zero-order chi connectivity index (χ0) is 11.0. The number of H-pyrrole nitrogens is 1. The maximum atomic E-state index is 11.6. The molecule has 0 saturated heterocycles. The standard InChI is InChI=1S/C13H16N2O/c16-13-8-4-7-12-14-11(9-15(12)13)10-5-2-1-3-6-10/h4,7-10,14H,1-3,5-6H2. The summed E-state index contributed by atoms with van der Waals surface area (Å²) in [5.41, 5.74) is 2.19. The van der Waals surface area contributed by atoms with E-state index < -0.39 is 0 Å². The van der Waals surface area contributed by atoms with Crippen molar-refractivity contribution < 1.29 is 0 Å². The van der Waals surface area contributed by atoms with Gasteiger partial charge in [0.25, 0.3) is 5.56 Å². The highest BCUT2D eigenvalue weighted by atomic mass is 16.1. The van der Waals surface area contributed by atoms with Gasteiger partial charge in [0.1, 0.15) is 5.65 Å². The molecule has 0 aromatic carbocycles. The number of nitrogens with zero attached hydrogens (tertiary/aromatic N) is 1. The molecule has 84 valence electrons. The third kappa shape index (κ3) is 1.56. The van der Waals surface area contributed by atoms with Gasteiger partial charge in [-0.15, -0.1) is 0 Å². The number of aromatic amines is 1. The Morgan fingerprint density at radius 3 is 2.75 bits per heavy atom. The smallest absolute Gasteiger partial charge is 0.256 e. The van der Waals surface area contributed by atoms with Crippen molar-refractivity contribution in [1.29, 1.82) is 0 Å². The van der Waals surface area contributed by atoms with Crippen LogP contribution in [0.2, 0.25) is 0 Å². The van der Waals surface area contributed by atoms with Crippen LogP contribution in [0, 0.1) is 0 Å². The molecular formula is C13H16N2O. The van der Waals surface area contributed by atoms with Gasteiger partial charge in [-0.1, -0.05) is 25.3 Å². The van der Waals surface area contributed by atoms with Crippen molar-refractivity contribution in [3.63, 3.8) is 0 Å². The molecule has 0 unspecified atom stereocenters. The first-order valence-electron chi connectivity index (χ1n) is 6.05. The summed E-state index contributed by atoms with van der Waals surface area (Å²) in [5.74, 6) is 0.619. The topological polar surface area (TPSA) is 37.3 Å². The van der Waals surface area contributed by atoms with E-state index in [1.165, 1.54) is 37.8 Å². The normalized spacial score (nSPS) is 18.0. The molecule has 3 nitrogen and oxygen atoms in total. The van der Waals surface area contributed by atoms with Crippen molar-refractivity contribution >= 4 is 5.65 Å². The molecule has 0 amide bonds. The highest BCUT2D eigenvalue weighted by Gasteiger charge is 2.17. The van der Waals surface area contributed by atoms with Crippen LogP contribution in [0.3, 0.4) is 0 Å². The van der Waals surface area contributed by atoms with Gasteiger partial charge in [0.2, 0.25) is 0 Å². The van der Waals surface area contributed by atoms with E-state index in [1.54, 1.807) is 16.5 Å². The zero-order valence-corrected chi connectivity index (χ0v) is 9.28. The lowest BCUT2D eigenvalue weighted by atomic mass is 9.87. The lowest BCUT2D eigenvalue weighted by molar-refractivity contribution is 0.438. The Balaban J connectivity index is 2.04. The molecule has 1 aliphatic rings. The van der Waals surface area contributed by atoms with Gasteiger partial charge < -0.3 is 4.98 Å². The van der Waals surface area contributed by atoms with Crippen LogP contribution in [0.15, 0.2) is 29.2 Å². The summed E-state index contributed by atoms with van der Waals surface area (Å²) in [5, 5.41) is 0. The first-order valence-corrected chi connectivity index (χ1v) is 6.05. The summed E-state index contributed by atoms with van der Waals surface area (Å²) in [6.07, 6.45) is 8.47. The fourth-order valence-corrected chi connectivity index (χ4v) is 2.68. The van der Waals surface area contributed by atoms with Gasteiger partial charge in [0.05, 0.1) is 0 Å². The number of aromatic nitrogens is 2. The van der Waals surface area contributed by atoms with Crippen LogP contribution in [0.4, 0.5) is 0 Å². The van der Waals surface area contributed by atoms with Gasteiger partial charge in [-0.3, -0.25) is 9.20 Å². The Morgan fingerprint density at radius 1 is 1.19 bits per heavy atom. The van der Waals surface area contributed by atoms with Gasteiger partial charge in [0.15, 0.2) is 0 Å². The maximum Gasteiger partial charge on any atom is 0.256 e. The lowest BCUT2D eigenvalue weighted by Crippen LogP contribution is -2.08. The van der Waals surface area contributed by atoms with E-state index in [9.17, 15) is 4.79 Å². The number of hydrogen-bond donors (Lipinski definition) is 1. The molecule has 1 N–H and O–H groups in total. The van der Waals surface area contributed by atoms with Crippen molar-refractivity contribution in [2.45, 2.75) is 38.0 Å². The molecule has 1 saturated carbocycles. The molecule has 0 radical (unpaired) electrons. The third-order valence-electron chi connectivity index (χ3n) is 3.58. The number of imidazole rings is 1. The van der Waals surface area contributed by atoms with Crippen LogP contribution in [-0.2, 0) is 0 Å². The predicted molar refractivity (Wildman–Crippen MR) is 63.8 cm³/mol. The summed E-state index contributed by atoms with van der Waals surface area (Å²) in [4.78, 5) is 15.0. The van der Waals surface area contributed by atoms with Crippen LogP contribution in [0.25, 0.3) is 5.65 Å². The van der Waals surface area contributed by atoms with Gasteiger partial charge in [0, 0.05) is 23.9 Å². The van der Waals surface area contributed by atoms with Gasteiger partial charge >= 0.3 is 0 Å². The van der Waals surface area contributed by atoms with E-state index in [4.69, 9.17) is 0 Å². The fourth-order valence-electron chi connectivity index (χ4n) is 2.68. The number of pyridine rings is 1. The predicted octanol–water partition coefficient (Wildman–Crippen LogP) is 2.68. The van der Waals surface area contributed by atoms with E-state index in [1.807, 2.05) is 12.3 Å². The minimum atomic E-state index is 0.0517. The lowest BCUT2D eigenvalue weighted by Gasteiger charge is -2.19. The van der Waals surface area contributed by atoms with Gasteiger partial charge in [-0.25, -0.2) is 0 Å². The molecule has 3 rings (SSSR count). The van der Waals surface area contributed by atoms with Crippen molar-refractivity contribution in [2.75, 3.05) is 0 Å². The molecule has 0 spiro atoms. The Hall–Kier alpha value is -1.51. The molecule has 1 aliphatic carbocycles. The summed E-state index contributed by atoms with van der Waals surface area (Å²) >= 11 is 0. The average molecular weight is 216 g/mol. The second-order valence-corrected chi connectivity index (χ2v) is 4.66. The molecule has 2 aromatic rings. The molecule has 1 fully saturated rings. The molecule has 2 heterocycles. The van der Waals surface area contributed by atoms with E-state index in [-0.39, 0.29) is 5.56 Å². The second kappa shape index (κ2) is 3.81. The average Bonchev–Trinajstić information content (AvgIpc) is 2.76. The largest absolute Gasteiger partial charge is 0.343 e. The van der Waals surface area contributed by atoms with Crippen molar-refractivity contribution in [1.82, 2.24) is 9.38 Å². The second-order valence-electron chi connectivity index (χ2n) is 4.66. The Labute approximate surface area is 94.1 Å². The highest BCUT2D eigenvalue weighted by molar-refractivity contribution is 5.40. The van der Waals surface area contributed by atoms with Crippen LogP contribution in [-0.4, -0.2) is 9.38 Å². The monoisotopic (exact) mass is 216 g/mol. The SMILES string of the molecule is O=c1cccc2[nH]c(C3CCCCC3)cn12. The minimum absolute atomic E-state index is 0.0517. The van der Waals surface area contributed by atoms with Crippen molar-refractivity contribution in [3.8, 4) is 0 Å². The highest BCUT2D eigenvalue weighted by Crippen LogP contribution is 2.31. The summed E-state index contributed by atoms with van der Waals surface area (Å²) in [6, 6.07) is 5.36. The van der Waals surface area contributed by atoms with Crippen LogP contribution < -0.4 is 5.56 Å². The van der Waals surface area contributed by atoms with Gasteiger partial charge in [-0.2, -0.15) is 0 Å². The van der Waals surface area contributed by atoms with Crippen LogP contribution in [0.1, 0.15) is 43.7 Å². The summed E-state index contributed by atoms with van der Waals surface area (Å²) in [6.45, 7) is 0. The Kier molecular flexibility index (Phi) is 2.31. The Bertz CT molecular complexity index is 546. The van der Waals surface area contributed by atoms with Crippen LogP contribution in [0.5, 0.6) is 0 Å². The molecular weight excluding hydrogens is 200 g/mol. The number of rotatable bonds is 1. The van der Waals surface area contributed by atoms with E-state index in [0.717, 1.165) is 5.65 Å². The number of hydrogen-bond acceptors (Lipinski definition) is 1. The molecule has 3 heteroatoms. The molecule has 0 atom stereocenters. The number of fused-ring (bicyclic) bond motifs is 1. The maximum absolute atomic E-state index is 11.6. The van der Waals surface area contributed by atoms with Crippen molar-refractivity contribution in [3.05, 3.63) is 40.4 Å². The molecule has 2 aromatic heterocycles. The first-order chi connectivity index (χ1) is 7.84. The zero-order valence-electron chi connectivity index (χ0n) is 9.28. The van der Waals surface area contributed by atoms with Crippen LogP contribution >= 0.6 is 0 Å². The minimum Gasteiger partial charge on any atom is -0.343 e. The molecule has 0 aliphatic heterocycles. The fraction of sp³-hybridized carbons (Fsp3) is 0.462. The molecule has 0 bridgehead atoms. The Morgan fingerprint density at radius 2 is 2.00 bits per heavy atom. The molecule has 16 heavy (non-hydrogen) atoms. The van der Waals surface area contributed by atoms with Crippen molar-refractivity contribution in [2.24, 2.45) is 0 Å². The van der Waals surface area contributed by atoms with Gasteiger partial charge in [-0.05, 0) is 18.9 Å². The number of nitrogens with one attached hydrogen (secondary N) is 1. The van der Waals surface area contributed by atoms with E-state index in [2.05, 4.69) is 4.98 Å². The van der Waals surface area contributed by atoms with E-state index >= 15 is 0 Å². The third-order valence-corrected chi connectivity index (χ3v) is 3.58.